The lowest BCUT2D eigenvalue weighted by Crippen LogP contribution is -2.47. The third-order valence-corrected chi connectivity index (χ3v) is 6.63. The van der Waals surface area contributed by atoms with Crippen LogP contribution in [-0.2, 0) is 6.42 Å². The lowest BCUT2D eigenvalue weighted by molar-refractivity contribution is 0.0580. The minimum absolute atomic E-state index is 0.105. The van der Waals surface area contributed by atoms with Crippen molar-refractivity contribution in [3.63, 3.8) is 0 Å². The number of amides is 1. The number of thiazole rings is 1. The Hall–Kier alpha value is -1.92. The molecule has 6 heteroatoms. The van der Waals surface area contributed by atoms with E-state index in [1.807, 2.05) is 12.4 Å². The third kappa shape index (κ3) is 4.33. The van der Waals surface area contributed by atoms with Crippen molar-refractivity contribution in [2.24, 2.45) is 5.92 Å². The quantitative estimate of drug-likeness (QED) is 0.830. The maximum Gasteiger partial charge on any atom is 0.273 e. The van der Waals surface area contributed by atoms with E-state index < -0.39 is 0 Å². The number of aryl methyl sites for hydroxylation is 1. The van der Waals surface area contributed by atoms with Gasteiger partial charge in [0.25, 0.3) is 5.91 Å². The number of hydrogen-bond acceptors (Lipinski definition) is 5. The summed E-state index contributed by atoms with van der Waals surface area (Å²) in [5.41, 5.74) is 2.00. The fraction of sp³-hybridized carbons (Fsp3) is 0.524. The van der Waals surface area contributed by atoms with Crippen LogP contribution in [0, 0.1) is 5.92 Å². The molecule has 27 heavy (non-hydrogen) atoms. The molecule has 144 valence electrons. The van der Waals surface area contributed by atoms with E-state index in [9.17, 15) is 4.79 Å². The summed E-state index contributed by atoms with van der Waals surface area (Å²) < 4.78 is 0. The van der Waals surface area contributed by atoms with Crippen molar-refractivity contribution >= 4 is 22.4 Å². The zero-order chi connectivity index (χ0) is 18.6. The summed E-state index contributed by atoms with van der Waals surface area (Å²) in [7, 11) is 1.84. The summed E-state index contributed by atoms with van der Waals surface area (Å²) in [5, 5.41) is 5.71. The molecule has 5 nitrogen and oxygen atoms in total. The van der Waals surface area contributed by atoms with Crippen LogP contribution in [0.2, 0.25) is 0 Å². The lowest BCUT2D eigenvalue weighted by Gasteiger charge is -2.35. The molecule has 0 unspecified atom stereocenters. The highest BCUT2D eigenvalue weighted by Crippen LogP contribution is 2.30. The van der Waals surface area contributed by atoms with Gasteiger partial charge in [0.15, 0.2) is 5.13 Å². The Morgan fingerprint density at radius 2 is 2.07 bits per heavy atom. The molecular formula is C21H28N4OS. The number of benzene rings is 1. The molecule has 1 N–H and O–H groups in total. The van der Waals surface area contributed by atoms with Crippen LogP contribution >= 0.6 is 11.3 Å². The average molecular weight is 385 g/mol. The predicted octanol–water partition coefficient (Wildman–Crippen LogP) is 3.35. The van der Waals surface area contributed by atoms with Gasteiger partial charge in [-0.3, -0.25) is 4.79 Å². The molecular weight excluding hydrogens is 356 g/mol. The summed E-state index contributed by atoms with van der Waals surface area (Å²) in [5.74, 6) is 0.695. The highest BCUT2D eigenvalue weighted by atomic mass is 32.1. The van der Waals surface area contributed by atoms with Crippen LogP contribution in [-0.4, -0.2) is 60.0 Å². The summed E-state index contributed by atoms with van der Waals surface area (Å²) >= 11 is 1.50. The zero-order valence-electron chi connectivity index (χ0n) is 15.9. The Balaban J connectivity index is 1.36. The molecule has 0 saturated carbocycles. The molecule has 2 atom stereocenters. The van der Waals surface area contributed by atoms with E-state index in [1.165, 1.54) is 29.7 Å². The highest BCUT2D eigenvalue weighted by Gasteiger charge is 2.37. The number of hydrogen-bond donors (Lipinski definition) is 1. The van der Waals surface area contributed by atoms with Gasteiger partial charge in [-0.05, 0) is 43.7 Å². The normalized spacial score (nSPS) is 22.6. The number of fused-ring (bicyclic) bond motifs is 4. The first-order valence-electron chi connectivity index (χ1n) is 9.93. The van der Waals surface area contributed by atoms with E-state index in [0.29, 0.717) is 17.7 Å². The Bertz CT molecular complexity index is 763. The number of rotatable bonds is 6. The second-order valence-corrected chi connectivity index (χ2v) is 8.55. The lowest BCUT2D eigenvalue weighted by atomic mass is 9.95. The number of piperidine rings is 1. The van der Waals surface area contributed by atoms with Gasteiger partial charge < -0.3 is 15.1 Å². The molecule has 2 bridgehead atoms. The van der Waals surface area contributed by atoms with E-state index in [0.717, 1.165) is 44.2 Å². The first-order chi connectivity index (χ1) is 13.2. The Kier molecular flexibility index (Phi) is 5.74. The van der Waals surface area contributed by atoms with E-state index in [2.05, 4.69) is 50.4 Å². The van der Waals surface area contributed by atoms with Crippen molar-refractivity contribution in [1.82, 2.24) is 14.8 Å². The average Bonchev–Trinajstić information content (AvgIpc) is 3.02. The van der Waals surface area contributed by atoms with Crippen molar-refractivity contribution in [3.05, 3.63) is 47.0 Å². The van der Waals surface area contributed by atoms with Crippen LogP contribution in [0.25, 0.3) is 0 Å². The Morgan fingerprint density at radius 3 is 2.85 bits per heavy atom. The van der Waals surface area contributed by atoms with Crippen LogP contribution in [0.4, 0.5) is 5.13 Å². The Morgan fingerprint density at radius 1 is 1.22 bits per heavy atom. The maximum atomic E-state index is 13.0. The number of carbonyl (C=O) groups excluding carboxylic acids is 1. The van der Waals surface area contributed by atoms with Gasteiger partial charge in [0.1, 0.15) is 5.69 Å². The highest BCUT2D eigenvalue weighted by molar-refractivity contribution is 7.13. The molecule has 2 aromatic rings. The number of carbonyl (C=O) groups is 1. The Labute approximate surface area is 165 Å². The molecule has 0 aliphatic carbocycles. The van der Waals surface area contributed by atoms with Crippen LogP contribution in [0.3, 0.4) is 0 Å². The number of nitrogens with zero attached hydrogens (tertiary/aromatic N) is 3. The molecule has 3 saturated heterocycles. The van der Waals surface area contributed by atoms with Crippen molar-refractivity contribution in [1.29, 1.82) is 0 Å². The van der Waals surface area contributed by atoms with Gasteiger partial charge in [0.05, 0.1) is 0 Å². The van der Waals surface area contributed by atoms with Crippen LogP contribution in [0.5, 0.6) is 0 Å². The molecule has 1 aromatic heterocycles. The summed E-state index contributed by atoms with van der Waals surface area (Å²) in [6.07, 6.45) is 4.66. The van der Waals surface area contributed by atoms with Crippen LogP contribution < -0.4 is 5.32 Å². The van der Waals surface area contributed by atoms with Gasteiger partial charge in [-0.2, -0.15) is 0 Å². The smallest absolute Gasteiger partial charge is 0.273 e. The summed E-state index contributed by atoms with van der Waals surface area (Å²) in [4.78, 5) is 22.1. The van der Waals surface area contributed by atoms with Crippen molar-refractivity contribution in [2.45, 2.75) is 31.7 Å². The second-order valence-electron chi connectivity index (χ2n) is 7.69. The fourth-order valence-electron chi connectivity index (χ4n) is 4.40. The molecule has 3 aliphatic rings. The largest absolute Gasteiger partial charge is 0.365 e. The first kappa shape index (κ1) is 18.4. The maximum absolute atomic E-state index is 13.0. The number of anilines is 1. The van der Waals surface area contributed by atoms with Gasteiger partial charge in [-0.1, -0.05) is 30.3 Å². The van der Waals surface area contributed by atoms with Crippen molar-refractivity contribution in [2.75, 3.05) is 38.5 Å². The number of aromatic nitrogens is 1. The minimum Gasteiger partial charge on any atom is -0.365 e. The SMILES string of the molecule is CNc1nc(C(=O)N2C[C@H]3CC[C@@H]2CN(CCCc2ccccc2)C3)cs1. The molecule has 0 spiro atoms. The predicted molar refractivity (Wildman–Crippen MR) is 110 cm³/mol. The van der Waals surface area contributed by atoms with Crippen molar-refractivity contribution in [3.8, 4) is 0 Å². The molecule has 0 radical (unpaired) electrons. The van der Waals surface area contributed by atoms with E-state index in [-0.39, 0.29) is 5.91 Å². The summed E-state index contributed by atoms with van der Waals surface area (Å²) in [6, 6.07) is 11.0. The third-order valence-electron chi connectivity index (χ3n) is 5.77. The van der Waals surface area contributed by atoms with Crippen molar-refractivity contribution < 1.29 is 4.79 Å². The zero-order valence-corrected chi connectivity index (χ0v) is 16.8. The molecule has 3 aliphatic heterocycles. The standard InChI is InChI=1S/C21H28N4OS/c1-22-21-23-19(15-27-21)20(26)25-13-17-9-10-18(25)14-24(12-17)11-5-8-16-6-3-2-4-7-16/h2-4,6-7,15,17-18H,5,8-14H2,1H3,(H,22,23)/t17-,18+/m0/s1. The monoisotopic (exact) mass is 384 g/mol. The van der Waals surface area contributed by atoms with E-state index in [1.54, 1.807) is 0 Å². The molecule has 4 heterocycles. The minimum atomic E-state index is 0.105. The topological polar surface area (TPSA) is 48.5 Å². The molecule has 1 amide bonds. The van der Waals surface area contributed by atoms with Gasteiger partial charge in [0, 0.05) is 38.1 Å². The van der Waals surface area contributed by atoms with Gasteiger partial charge in [0.2, 0.25) is 0 Å². The molecule has 3 fully saturated rings. The molecule has 1 aromatic carbocycles. The summed E-state index contributed by atoms with van der Waals surface area (Å²) in [6.45, 7) is 4.11. The van der Waals surface area contributed by atoms with E-state index in [4.69, 9.17) is 0 Å². The molecule has 5 rings (SSSR count). The van der Waals surface area contributed by atoms with Crippen LogP contribution in [0.15, 0.2) is 35.7 Å². The van der Waals surface area contributed by atoms with Gasteiger partial charge in [-0.25, -0.2) is 4.98 Å². The number of nitrogens with one attached hydrogen (secondary N) is 1. The fourth-order valence-corrected chi connectivity index (χ4v) is 5.04. The van der Waals surface area contributed by atoms with Crippen LogP contribution in [0.1, 0.15) is 35.3 Å². The first-order valence-corrected chi connectivity index (χ1v) is 10.8. The van der Waals surface area contributed by atoms with Gasteiger partial charge in [-0.15, -0.1) is 11.3 Å². The van der Waals surface area contributed by atoms with Gasteiger partial charge >= 0.3 is 0 Å². The second kappa shape index (κ2) is 8.40. The van der Waals surface area contributed by atoms with E-state index >= 15 is 0 Å².